The van der Waals surface area contributed by atoms with E-state index in [9.17, 15) is 18.0 Å². The van der Waals surface area contributed by atoms with Crippen molar-refractivity contribution < 1.29 is 18.0 Å². The summed E-state index contributed by atoms with van der Waals surface area (Å²) in [5.74, 6) is -0.900. The summed E-state index contributed by atoms with van der Waals surface area (Å²) < 4.78 is 29.4. The Balaban J connectivity index is 1.81. The first kappa shape index (κ1) is 35.0. The van der Waals surface area contributed by atoms with Gasteiger partial charge in [-0.15, -0.1) is 0 Å². The molecule has 0 heterocycles. The zero-order valence-corrected chi connectivity index (χ0v) is 28.6. The number of anilines is 1. The second kappa shape index (κ2) is 16.1. The molecule has 10 heteroatoms. The van der Waals surface area contributed by atoms with Crippen molar-refractivity contribution in [2.75, 3.05) is 17.4 Å². The number of amides is 2. The van der Waals surface area contributed by atoms with Crippen LogP contribution in [0.2, 0.25) is 10.0 Å². The van der Waals surface area contributed by atoms with Gasteiger partial charge >= 0.3 is 0 Å². The van der Waals surface area contributed by atoms with Crippen molar-refractivity contribution in [3.63, 3.8) is 0 Å². The van der Waals surface area contributed by atoms with E-state index in [2.05, 4.69) is 5.32 Å². The fourth-order valence-corrected chi connectivity index (χ4v) is 6.75. The molecule has 0 saturated carbocycles. The zero-order chi connectivity index (χ0) is 33.3. The first-order valence-corrected chi connectivity index (χ1v) is 17.4. The summed E-state index contributed by atoms with van der Waals surface area (Å²) in [6.07, 6.45) is 1.88. The highest BCUT2D eigenvalue weighted by molar-refractivity contribution is 7.92. The van der Waals surface area contributed by atoms with E-state index in [1.807, 2.05) is 51.1 Å². The molecular weight excluding hydrogens is 641 g/mol. The van der Waals surface area contributed by atoms with Gasteiger partial charge in [0.05, 0.1) is 10.6 Å². The molecule has 0 aromatic heterocycles. The van der Waals surface area contributed by atoms with Gasteiger partial charge in [-0.3, -0.25) is 13.9 Å². The van der Waals surface area contributed by atoms with E-state index in [0.717, 1.165) is 33.8 Å². The lowest BCUT2D eigenvalue weighted by molar-refractivity contribution is -0.140. The molecular formula is C36H39Cl2N3O4S. The van der Waals surface area contributed by atoms with Gasteiger partial charge in [0.15, 0.2) is 0 Å². The molecule has 1 atom stereocenters. The van der Waals surface area contributed by atoms with E-state index in [-0.39, 0.29) is 29.5 Å². The lowest BCUT2D eigenvalue weighted by Crippen LogP contribution is -2.53. The Morgan fingerprint density at radius 2 is 1.52 bits per heavy atom. The number of benzene rings is 4. The second-order valence-corrected chi connectivity index (χ2v) is 13.9. The lowest BCUT2D eigenvalue weighted by Gasteiger charge is -2.34. The van der Waals surface area contributed by atoms with E-state index >= 15 is 0 Å². The van der Waals surface area contributed by atoms with Crippen molar-refractivity contribution in [3.8, 4) is 0 Å². The number of hydrogen-bond acceptors (Lipinski definition) is 4. The van der Waals surface area contributed by atoms with Crippen molar-refractivity contribution >= 4 is 50.7 Å². The molecule has 0 spiro atoms. The van der Waals surface area contributed by atoms with Gasteiger partial charge in [-0.05, 0) is 67.3 Å². The third-order valence-electron chi connectivity index (χ3n) is 7.73. The van der Waals surface area contributed by atoms with Crippen LogP contribution in [0, 0.1) is 13.8 Å². The highest BCUT2D eigenvalue weighted by Gasteiger charge is 2.35. The average molecular weight is 681 g/mol. The van der Waals surface area contributed by atoms with Crippen LogP contribution in [0.3, 0.4) is 0 Å². The van der Waals surface area contributed by atoms with Crippen LogP contribution in [0.25, 0.3) is 0 Å². The first-order valence-electron chi connectivity index (χ1n) is 15.2. The van der Waals surface area contributed by atoms with E-state index in [0.29, 0.717) is 22.2 Å². The summed E-state index contributed by atoms with van der Waals surface area (Å²) in [5, 5.41) is 3.78. The minimum absolute atomic E-state index is 0.00964. The maximum absolute atomic E-state index is 14.6. The van der Waals surface area contributed by atoms with Crippen molar-refractivity contribution in [2.45, 2.75) is 57.5 Å². The first-order chi connectivity index (χ1) is 22.0. The van der Waals surface area contributed by atoms with Gasteiger partial charge < -0.3 is 10.2 Å². The molecule has 0 aliphatic carbocycles. The number of carbonyl (C=O) groups is 2. The predicted octanol–water partition coefficient (Wildman–Crippen LogP) is 7.36. The number of halogens is 2. The van der Waals surface area contributed by atoms with E-state index < -0.39 is 28.5 Å². The molecule has 0 saturated heterocycles. The standard InChI is InChI=1S/C36H39Cl2N3O4S/c1-4-5-21-39-36(43)34(22-28-11-7-6-8-12-28)40(24-29-13-9-10-14-32(29)37)35(42)25-41(30-18-17-27(3)33(38)23-30)46(44,45)31-19-15-26(2)16-20-31/h6-20,23,34H,4-5,21-22,24-25H2,1-3H3,(H,39,43)/t34-/m0/s1. The van der Waals surface area contributed by atoms with Gasteiger partial charge in [-0.25, -0.2) is 8.42 Å². The van der Waals surface area contributed by atoms with Crippen LogP contribution in [-0.4, -0.2) is 44.3 Å². The molecule has 1 N–H and O–H groups in total. The maximum atomic E-state index is 14.6. The Labute approximate surface area is 282 Å². The minimum atomic E-state index is -4.23. The fourth-order valence-electron chi connectivity index (χ4n) is 4.97. The van der Waals surface area contributed by atoms with Gasteiger partial charge in [-0.1, -0.05) is 109 Å². The van der Waals surface area contributed by atoms with Crippen LogP contribution < -0.4 is 9.62 Å². The van der Waals surface area contributed by atoms with Crippen LogP contribution in [0.1, 0.15) is 42.0 Å². The van der Waals surface area contributed by atoms with Crippen LogP contribution >= 0.6 is 23.2 Å². The summed E-state index contributed by atoms with van der Waals surface area (Å²) in [4.78, 5) is 29.9. The van der Waals surface area contributed by atoms with E-state index in [1.165, 1.54) is 23.1 Å². The molecule has 0 aliphatic heterocycles. The van der Waals surface area contributed by atoms with Gasteiger partial charge in [0.25, 0.3) is 10.0 Å². The molecule has 46 heavy (non-hydrogen) atoms. The van der Waals surface area contributed by atoms with E-state index in [1.54, 1.807) is 48.5 Å². The van der Waals surface area contributed by atoms with Gasteiger partial charge in [-0.2, -0.15) is 0 Å². The summed E-state index contributed by atoms with van der Waals surface area (Å²) in [5.41, 5.74) is 3.36. The van der Waals surface area contributed by atoms with Gasteiger partial charge in [0.2, 0.25) is 11.8 Å². The molecule has 7 nitrogen and oxygen atoms in total. The summed E-state index contributed by atoms with van der Waals surface area (Å²) >= 11 is 13.0. The number of sulfonamides is 1. The van der Waals surface area contributed by atoms with Gasteiger partial charge in [0.1, 0.15) is 12.6 Å². The molecule has 0 aliphatic rings. The van der Waals surface area contributed by atoms with Crippen LogP contribution in [0.4, 0.5) is 5.69 Å². The third-order valence-corrected chi connectivity index (χ3v) is 10.3. The topological polar surface area (TPSA) is 86.8 Å². The Kier molecular flexibility index (Phi) is 12.3. The predicted molar refractivity (Wildman–Crippen MR) is 186 cm³/mol. The molecule has 242 valence electrons. The number of rotatable bonds is 14. The largest absolute Gasteiger partial charge is 0.354 e. The van der Waals surface area contributed by atoms with Gasteiger partial charge in [0, 0.05) is 29.6 Å². The number of nitrogens with one attached hydrogen (secondary N) is 1. The molecule has 4 aromatic rings. The summed E-state index contributed by atoms with van der Waals surface area (Å²) in [6, 6.07) is 26.9. The number of nitrogens with zero attached hydrogens (tertiary/aromatic N) is 2. The number of aryl methyl sites for hydroxylation is 2. The molecule has 0 radical (unpaired) electrons. The summed E-state index contributed by atoms with van der Waals surface area (Å²) in [7, 11) is -4.23. The molecule has 4 rings (SSSR count). The Hall–Kier alpha value is -3.85. The van der Waals surface area contributed by atoms with Crippen molar-refractivity contribution in [2.24, 2.45) is 0 Å². The smallest absolute Gasteiger partial charge is 0.264 e. The average Bonchev–Trinajstić information content (AvgIpc) is 3.04. The van der Waals surface area contributed by atoms with Crippen molar-refractivity contribution in [1.29, 1.82) is 0 Å². The number of unbranched alkanes of at least 4 members (excludes halogenated alkanes) is 1. The minimum Gasteiger partial charge on any atom is -0.354 e. The third kappa shape index (κ3) is 8.90. The quantitative estimate of drug-likeness (QED) is 0.141. The second-order valence-electron chi connectivity index (χ2n) is 11.2. The van der Waals surface area contributed by atoms with Crippen LogP contribution in [0.15, 0.2) is 102 Å². The maximum Gasteiger partial charge on any atom is 0.264 e. The van der Waals surface area contributed by atoms with Crippen LogP contribution in [0.5, 0.6) is 0 Å². The fraction of sp³-hybridized carbons (Fsp3) is 0.278. The highest BCUT2D eigenvalue weighted by atomic mass is 35.5. The molecule has 2 amide bonds. The van der Waals surface area contributed by atoms with Crippen molar-refractivity contribution in [3.05, 3.63) is 129 Å². The number of carbonyl (C=O) groups excluding carboxylic acids is 2. The normalized spacial score (nSPS) is 11.9. The molecule has 4 aromatic carbocycles. The molecule has 0 bridgehead atoms. The molecule has 0 fully saturated rings. The Morgan fingerprint density at radius 3 is 2.17 bits per heavy atom. The zero-order valence-electron chi connectivity index (χ0n) is 26.2. The molecule has 0 unspecified atom stereocenters. The van der Waals surface area contributed by atoms with E-state index in [4.69, 9.17) is 23.2 Å². The Morgan fingerprint density at radius 1 is 0.848 bits per heavy atom. The van der Waals surface area contributed by atoms with Crippen LogP contribution in [-0.2, 0) is 32.6 Å². The lowest BCUT2D eigenvalue weighted by atomic mass is 10.0. The Bertz CT molecular complexity index is 1750. The highest BCUT2D eigenvalue weighted by Crippen LogP contribution is 2.29. The van der Waals surface area contributed by atoms with Crippen molar-refractivity contribution in [1.82, 2.24) is 10.2 Å². The monoisotopic (exact) mass is 679 g/mol. The SMILES string of the molecule is CCCCNC(=O)[C@H](Cc1ccccc1)N(Cc1ccccc1Cl)C(=O)CN(c1ccc(C)c(Cl)c1)S(=O)(=O)c1ccc(C)cc1. The summed E-state index contributed by atoms with van der Waals surface area (Å²) in [6.45, 7) is 5.57. The number of hydrogen-bond donors (Lipinski definition) is 1.